The van der Waals surface area contributed by atoms with Gasteiger partial charge in [-0.2, -0.15) is 0 Å². The van der Waals surface area contributed by atoms with Gasteiger partial charge in [-0.1, -0.05) is 16.8 Å². The van der Waals surface area contributed by atoms with Gasteiger partial charge in [0.25, 0.3) is 5.56 Å². The number of nitrogens with one attached hydrogen (secondary N) is 1. The first kappa shape index (κ1) is 19.4. The summed E-state index contributed by atoms with van der Waals surface area (Å²) in [5.74, 6) is -0.570. The number of H-pyrrole nitrogens is 1. The Morgan fingerprint density at radius 3 is 2.67 bits per heavy atom. The maximum Gasteiger partial charge on any atom is 0.277 e. The quantitative estimate of drug-likeness (QED) is 0.728. The van der Waals surface area contributed by atoms with Gasteiger partial charge in [0.2, 0.25) is 5.78 Å². The molecule has 1 aliphatic rings. The number of carbonyl (C=O) groups excluding carboxylic acids is 1. The fourth-order valence-corrected chi connectivity index (χ4v) is 4.22. The molecule has 0 atom stereocenters. The third kappa shape index (κ3) is 3.70. The van der Waals surface area contributed by atoms with Crippen LogP contribution in [0.25, 0.3) is 0 Å². The number of rotatable bonds is 6. The average molecular weight is 412 g/mol. The summed E-state index contributed by atoms with van der Waals surface area (Å²) in [5, 5.41) is 6.59. The molecule has 1 aliphatic heterocycles. The van der Waals surface area contributed by atoms with E-state index < -0.39 is 21.2 Å². The SMILES string of the molecule is CCn1[nH]cc(C(=O)c2ccc(S(C)(=O)=O)c(CC3=NOCC3)c2Cl)c1=O. The van der Waals surface area contributed by atoms with Crippen LogP contribution in [-0.4, -0.2) is 42.6 Å². The summed E-state index contributed by atoms with van der Waals surface area (Å²) in [6.07, 6.45) is 3.09. The van der Waals surface area contributed by atoms with Crippen LogP contribution in [0.2, 0.25) is 5.02 Å². The summed E-state index contributed by atoms with van der Waals surface area (Å²) in [4.78, 5) is 30.1. The molecule has 2 aromatic rings. The Balaban J connectivity index is 2.12. The Morgan fingerprint density at radius 1 is 1.37 bits per heavy atom. The molecule has 0 spiro atoms. The Labute approximate surface area is 160 Å². The van der Waals surface area contributed by atoms with Gasteiger partial charge in [-0.3, -0.25) is 14.3 Å². The summed E-state index contributed by atoms with van der Waals surface area (Å²) < 4.78 is 25.6. The van der Waals surface area contributed by atoms with Crippen molar-refractivity contribution in [2.24, 2.45) is 5.16 Å². The number of aromatic nitrogens is 2. The van der Waals surface area contributed by atoms with Crippen molar-refractivity contribution in [2.75, 3.05) is 12.9 Å². The number of ketones is 1. The zero-order chi connectivity index (χ0) is 19.8. The molecule has 0 saturated carbocycles. The number of oxime groups is 1. The number of hydrogen-bond donors (Lipinski definition) is 1. The van der Waals surface area contributed by atoms with Crippen molar-refractivity contribution in [3.8, 4) is 0 Å². The van der Waals surface area contributed by atoms with Gasteiger partial charge < -0.3 is 9.94 Å². The van der Waals surface area contributed by atoms with Gasteiger partial charge in [-0.15, -0.1) is 0 Å². The number of nitrogens with zero attached hydrogens (tertiary/aromatic N) is 2. The number of hydrogen-bond acceptors (Lipinski definition) is 6. The van der Waals surface area contributed by atoms with E-state index in [2.05, 4.69) is 10.3 Å². The molecule has 1 N–H and O–H groups in total. The molecular formula is C17H18ClN3O5S. The number of aromatic amines is 1. The van der Waals surface area contributed by atoms with Crippen LogP contribution in [-0.2, 0) is 27.6 Å². The summed E-state index contributed by atoms with van der Waals surface area (Å²) in [6.45, 7) is 2.57. The van der Waals surface area contributed by atoms with E-state index in [-0.39, 0.29) is 33.0 Å². The number of benzene rings is 1. The molecular weight excluding hydrogens is 394 g/mol. The van der Waals surface area contributed by atoms with E-state index >= 15 is 0 Å². The van der Waals surface area contributed by atoms with Gasteiger partial charge in [-0.25, -0.2) is 8.42 Å². The van der Waals surface area contributed by atoms with Crippen LogP contribution in [0.5, 0.6) is 0 Å². The monoisotopic (exact) mass is 411 g/mol. The van der Waals surface area contributed by atoms with E-state index in [4.69, 9.17) is 16.4 Å². The summed E-state index contributed by atoms with van der Waals surface area (Å²) in [7, 11) is -3.58. The molecule has 0 amide bonds. The van der Waals surface area contributed by atoms with Gasteiger partial charge in [-0.05, 0) is 24.6 Å². The van der Waals surface area contributed by atoms with Crippen molar-refractivity contribution >= 4 is 32.9 Å². The molecule has 0 saturated heterocycles. The second-order valence-corrected chi connectivity index (χ2v) is 8.52. The van der Waals surface area contributed by atoms with E-state index in [0.29, 0.717) is 25.3 Å². The van der Waals surface area contributed by atoms with Gasteiger partial charge in [0.15, 0.2) is 9.84 Å². The van der Waals surface area contributed by atoms with Crippen molar-refractivity contribution in [1.29, 1.82) is 0 Å². The van der Waals surface area contributed by atoms with Crippen LogP contribution in [0.1, 0.15) is 34.8 Å². The van der Waals surface area contributed by atoms with Gasteiger partial charge in [0, 0.05) is 37.4 Å². The number of carbonyl (C=O) groups is 1. The lowest BCUT2D eigenvalue weighted by molar-refractivity contribution is 0.103. The van der Waals surface area contributed by atoms with Gasteiger partial charge in [0.1, 0.15) is 12.2 Å². The second-order valence-electron chi connectivity index (χ2n) is 6.16. The smallest absolute Gasteiger partial charge is 0.277 e. The second kappa shape index (κ2) is 7.32. The Kier molecular flexibility index (Phi) is 5.25. The molecule has 8 nitrogen and oxygen atoms in total. The molecule has 10 heteroatoms. The minimum absolute atomic E-state index is 0.00109. The lowest BCUT2D eigenvalue weighted by Crippen LogP contribution is -2.21. The van der Waals surface area contributed by atoms with Crippen molar-refractivity contribution in [3.63, 3.8) is 0 Å². The highest BCUT2D eigenvalue weighted by molar-refractivity contribution is 7.90. The van der Waals surface area contributed by atoms with Crippen LogP contribution in [0.4, 0.5) is 0 Å². The molecule has 1 aromatic heterocycles. The maximum absolute atomic E-state index is 12.8. The largest absolute Gasteiger partial charge is 0.395 e. The van der Waals surface area contributed by atoms with Crippen LogP contribution in [0.15, 0.2) is 33.2 Å². The van der Waals surface area contributed by atoms with E-state index in [1.54, 1.807) is 6.92 Å². The molecule has 3 rings (SSSR count). The first-order valence-electron chi connectivity index (χ1n) is 8.26. The summed E-state index contributed by atoms with van der Waals surface area (Å²) in [5.41, 5.74) is 0.471. The highest BCUT2D eigenvalue weighted by atomic mass is 35.5. The molecule has 0 bridgehead atoms. The molecule has 1 aromatic carbocycles. The molecule has 0 radical (unpaired) electrons. The lowest BCUT2D eigenvalue weighted by atomic mass is 9.99. The first-order chi connectivity index (χ1) is 12.7. The highest BCUT2D eigenvalue weighted by Crippen LogP contribution is 2.30. The van der Waals surface area contributed by atoms with Crippen LogP contribution in [0.3, 0.4) is 0 Å². The minimum atomic E-state index is -3.58. The van der Waals surface area contributed by atoms with E-state index in [0.717, 1.165) is 6.26 Å². The molecule has 0 aliphatic carbocycles. The summed E-state index contributed by atoms with van der Waals surface area (Å²) >= 11 is 6.44. The Hall–Kier alpha value is -2.39. The molecule has 144 valence electrons. The van der Waals surface area contributed by atoms with E-state index in [1.165, 1.54) is 23.0 Å². The number of aryl methyl sites for hydroxylation is 1. The molecule has 0 unspecified atom stereocenters. The van der Waals surface area contributed by atoms with Gasteiger partial charge in [0.05, 0.1) is 15.6 Å². The Morgan fingerprint density at radius 2 is 2.11 bits per heavy atom. The van der Waals surface area contributed by atoms with Gasteiger partial charge >= 0.3 is 0 Å². The molecule has 2 heterocycles. The summed E-state index contributed by atoms with van der Waals surface area (Å²) in [6, 6.07) is 2.67. The van der Waals surface area contributed by atoms with Crippen molar-refractivity contribution in [2.45, 2.75) is 31.2 Å². The van der Waals surface area contributed by atoms with Crippen molar-refractivity contribution < 1.29 is 18.0 Å². The highest BCUT2D eigenvalue weighted by Gasteiger charge is 2.26. The fourth-order valence-electron chi connectivity index (χ4n) is 2.91. The zero-order valence-electron chi connectivity index (χ0n) is 14.8. The third-order valence-corrected chi connectivity index (χ3v) is 5.92. The van der Waals surface area contributed by atoms with Crippen molar-refractivity contribution in [1.82, 2.24) is 9.78 Å². The fraction of sp³-hybridized carbons (Fsp3) is 0.353. The van der Waals surface area contributed by atoms with E-state index in [1.807, 2.05) is 0 Å². The average Bonchev–Trinajstić information content (AvgIpc) is 3.24. The van der Waals surface area contributed by atoms with Crippen molar-refractivity contribution in [3.05, 3.63) is 50.4 Å². The molecule has 27 heavy (non-hydrogen) atoms. The minimum Gasteiger partial charge on any atom is -0.395 e. The zero-order valence-corrected chi connectivity index (χ0v) is 16.4. The van der Waals surface area contributed by atoms with Crippen LogP contribution < -0.4 is 5.56 Å². The predicted octanol–water partition coefficient (Wildman–Crippen LogP) is 1.80. The lowest BCUT2D eigenvalue weighted by Gasteiger charge is -2.13. The maximum atomic E-state index is 12.8. The standard InChI is InChI=1S/C17H18ClN3O5S/c1-3-21-17(23)13(9-19-21)16(22)11-4-5-14(27(2,24)25)12(15(11)18)8-10-6-7-26-20-10/h4-5,9,19H,3,6-8H2,1-2H3. The number of halogens is 1. The third-order valence-electron chi connectivity index (χ3n) is 4.30. The first-order valence-corrected chi connectivity index (χ1v) is 10.5. The normalized spacial score (nSPS) is 14.1. The van der Waals surface area contributed by atoms with Crippen LogP contribution >= 0.6 is 11.6 Å². The molecule has 0 fully saturated rings. The topological polar surface area (TPSA) is 111 Å². The number of sulfone groups is 1. The van der Waals surface area contributed by atoms with Crippen LogP contribution in [0, 0.1) is 0 Å². The predicted molar refractivity (Wildman–Crippen MR) is 100 cm³/mol. The Bertz CT molecular complexity index is 1100. The van der Waals surface area contributed by atoms with E-state index in [9.17, 15) is 18.0 Å².